The van der Waals surface area contributed by atoms with Crippen LogP contribution in [0, 0.1) is 5.92 Å². The Balaban J connectivity index is 1.87. The summed E-state index contributed by atoms with van der Waals surface area (Å²) in [6.45, 7) is 0.491. The van der Waals surface area contributed by atoms with Gasteiger partial charge in [-0.25, -0.2) is 0 Å². The van der Waals surface area contributed by atoms with E-state index >= 15 is 0 Å². The molecule has 1 aromatic heterocycles. The molecule has 90 valence electrons. The molecule has 4 nitrogen and oxygen atoms in total. The van der Waals surface area contributed by atoms with Gasteiger partial charge in [0, 0.05) is 18.3 Å². The van der Waals surface area contributed by atoms with E-state index in [0.29, 0.717) is 18.9 Å². The molecular formula is C12H14N2O2S. The molecule has 1 aliphatic carbocycles. The standard InChI is InChI=1S/C12H14N2O2S/c15-10-3-5-14(9-4-6-17-7-9)12(16)11(13-10)8-1-2-8/h4,6-8,11H,1-3,5H2,(H,13,15). The van der Waals surface area contributed by atoms with E-state index in [1.165, 1.54) is 0 Å². The van der Waals surface area contributed by atoms with Crippen molar-refractivity contribution in [1.29, 1.82) is 0 Å². The number of hydrogen-bond acceptors (Lipinski definition) is 3. The third-order valence-corrected chi connectivity index (χ3v) is 3.99. The van der Waals surface area contributed by atoms with Crippen molar-refractivity contribution in [2.45, 2.75) is 25.3 Å². The van der Waals surface area contributed by atoms with Crippen molar-refractivity contribution in [2.24, 2.45) is 5.92 Å². The van der Waals surface area contributed by atoms with Crippen LogP contribution in [0.1, 0.15) is 19.3 Å². The van der Waals surface area contributed by atoms with Crippen LogP contribution >= 0.6 is 11.3 Å². The monoisotopic (exact) mass is 250 g/mol. The van der Waals surface area contributed by atoms with E-state index in [1.54, 1.807) is 16.2 Å². The van der Waals surface area contributed by atoms with Crippen molar-refractivity contribution in [1.82, 2.24) is 5.32 Å². The number of rotatable bonds is 2. The van der Waals surface area contributed by atoms with E-state index in [2.05, 4.69) is 5.32 Å². The van der Waals surface area contributed by atoms with E-state index in [9.17, 15) is 9.59 Å². The second-order valence-electron chi connectivity index (χ2n) is 4.60. The summed E-state index contributed by atoms with van der Waals surface area (Å²) in [6, 6.07) is 1.63. The van der Waals surface area contributed by atoms with Crippen LogP contribution in [-0.2, 0) is 9.59 Å². The van der Waals surface area contributed by atoms with Gasteiger partial charge in [0.25, 0.3) is 0 Å². The van der Waals surface area contributed by atoms with Crippen molar-refractivity contribution in [3.8, 4) is 0 Å². The predicted octanol–water partition coefficient (Wildman–Crippen LogP) is 1.38. The fourth-order valence-corrected chi connectivity index (χ4v) is 2.86. The molecule has 1 aromatic rings. The van der Waals surface area contributed by atoms with Crippen molar-refractivity contribution in [2.75, 3.05) is 11.4 Å². The van der Waals surface area contributed by atoms with Gasteiger partial charge in [-0.3, -0.25) is 9.59 Å². The van der Waals surface area contributed by atoms with Gasteiger partial charge in [-0.1, -0.05) is 0 Å². The summed E-state index contributed by atoms with van der Waals surface area (Å²) in [6.07, 6.45) is 2.49. The van der Waals surface area contributed by atoms with Gasteiger partial charge in [-0.05, 0) is 30.2 Å². The maximum atomic E-state index is 12.4. The van der Waals surface area contributed by atoms with Gasteiger partial charge >= 0.3 is 0 Å². The maximum absolute atomic E-state index is 12.4. The Hall–Kier alpha value is -1.36. The Morgan fingerprint density at radius 1 is 1.35 bits per heavy atom. The average Bonchev–Trinajstić information content (AvgIpc) is 3.04. The van der Waals surface area contributed by atoms with Crippen LogP contribution in [-0.4, -0.2) is 24.4 Å². The van der Waals surface area contributed by atoms with Crippen LogP contribution in [0.2, 0.25) is 0 Å². The number of nitrogens with one attached hydrogen (secondary N) is 1. The topological polar surface area (TPSA) is 49.4 Å². The number of carbonyl (C=O) groups is 2. The lowest BCUT2D eigenvalue weighted by molar-refractivity contribution is -0.126. The molecule has 1 saturated carbocycles. The average molecular weight is 250 g/mol. The third-order valence-electron chi connectivity index (χ3n) is 3.32. The Bertz CT molecular complexity index is 439. The third kappa shape index (κ3) is 2.07. The molecule has 1 unspecified atom stereocenters. The number of amides is 2. The molecule has 2 amide bonds. The van der Waals surface area contributed by atoms with Crippen LogP contribution in [0.3, 0.4) is 0 Å². The van der Waals surface area contributed by atoms with Crippen molar-refractivity contribution in [3.63, 3.8) is 0 Å². The Labute approximate surface area is 104 Å². The normalized spacial score (nSPS) is 25.6. The van der Waals surface area contributed by atoms with Gasteiger partial charge < -0.3 is 10.2 Å². The Morgan fingerprint density at radius 2 is 2.18 bits per heavy atom. The molecule has 2 aliphatic rings. The molecule has 1 aliphatic heterocycles. The summed E-state index contributed by atoms with van der Waals surface area (Å²) < 4.78 is 0. The van der Waals surface area contributed by atoms with Crippen LogP contribution in [0.25, 0.3) is 0 Å². The quantitative estimate of drug-likeness (QED) is 0.862. The SMILES string of the molecule is O=C1CCN(c2ccsc2)C(=O)C(C2CC2)N1. The minimum atomic E-state index is -0.301. The first-order valence-corrected chi connectivity index (χ1v) is 6.83. The minimum Gasteiger partial charge on any atom is -0.344 e. The fourth-order valence-electron chi connectivity index (χ4n) is 2.22. The highest BCUT2D eigenvalue weighted by molar-refractivity contribution is 7.08. The lowest BCUT2D eigenvalue weighted by Gasteiger charge is -2.22. The number of carbonyl (C=O) groups excluding carboxylic acids is 2. The molecule has 2 fully saturated rings. The van der Waals surface area contributed by atoms with Crippen molar-refractivity contribution < 1.29 is 9.59 Å². The van der Waals surface area contributed by atoms with Gasteiger partial charge in [0.1, 0.15) is 6.04 Å². The number of hydrogen-bond donors (Lipinski definition) is 1. The maximum Gasteiger partial charge on any atom is 0.249 e. The summed E-state index contributed by atoms with van der Waals surface area (Å²) in [5.74, 6) is 0.399. The summed E-state index contributed by atoms with van der Waals surface area (Å²) in [5.41, 5.74) is 0.919. The summed E-state index contributed by atoms with van der Waals surface area (Å²) in [7, 11) is 0. The molecule has 1 saturated heterocycles. The Morgan fingerprint density at radius 3 is 2.82 bits per heavy atom. The molecular weight excluding hydrogens is 236 g/mol. The molecule has 0 aromatic carbocycles. The first-order chi connectivity index (χ1) is 8.25. The molecule has 2 heterocycles. The molecule has 0 spiro atoms. The zero-order valence-electron chi connectivity index (χ0n) is 9.39. The molecule has 5 heteroatoms. The second-order valence-corrected chi connectivity index (χ2v) is 5.38. The highest BCUT2D eigenvalue weighted by atomic mass is 32.1. The number of anilines is 1. The summed E-state index contributed by atoms with van der Waals surface area (Å²) in [5, 5.41) is 6.77. The zero-order valence-corrected chi connectivity index (χ0v) is 10.2. The van der Waals surface area contributed by atoms with E-state index in [0.717, 1.165) is 18.5 Å². The zero-order chi connectivity index (χ0) is 11.8. The number of thiophene rings is 1. The molecule has 1 N–H and O–H groups in total. The molecule has 17 heavy (non-hydrogen) atoms. The van der Waals surface area contributed by atoms with Crippen molar-refractivity contribution >= 4 is 28.8 Å². The Kier molecular flexibility index (Phi) is 2.63. The van der Waals surface area contributed by atoms with Crippen LogP contribution in [0.4, 0.5) is 5.69 Å². The van der Waals surface area contributed by atoms with Gasteiger partial charge in [0.05, 0.1) is 5.69 Å². The van der Waals surface area contributed by atoms with Gasteiger partial charge in [0.15, 0.2) is 0 Å². The van der Waals surface area contributed by atoms with Crippen molar-refractivity contribution in [3.05, 3.63) is 16.8 Å². The van der Waals surface area contributed by atoms with E-state index in [-0.39, 0.29) is 17.9 Å². The second kappa shape index (κ2) is 4.14. The van der Waals surface area contributed by atoms with E-state index in [4.69, 9.17) is 0 Å². The molecule has 0 bridgehead atoms. The van der Waals surface area contributed by atoms with Gasteiger partial charge in [-0.15, -0.1) is 0 Å². The van der Waals surface area contributed by atoms with Gasteiger partial charge in [-0.2, -0.15) is 11.3 Å². The van der Waals surface area contributed by atoms with E-state index < -0.39 is 0 Å². The highest BCUT2D eigenvalue weighted by Gasteiger charge is 2.41. The number of nitrogens with zero attached hydrogens (tertiary/aromatic N) is 1. The summed E-state index contributed by atoms with van der Waals surface area (Å²) in [4.78, 5) is 25.7. The fraction of sp³-hybridized carbons (Fsp3) is 0.500. The smallest absolute Gasteiger partial charge is 0.249 e. The molecule has 1 atom stereocenters. The van der Waals surface area contributed by atoms with Gasteiger partial charge in [0.2, 0.25) is 11.8 Å². The lowest BCUT2D eigenvalue weighted by Crippen LogP contribution is -2.46. The first kappa shape index (κ1) is 10.8. The first-order valence-electron chi connectivity index (χ1n) is 5.88. The summed E-state index contributed by atoms with van der Waals surface area (Å²) >= 11 is 1.57. The van der Waals surface area contributed by atoms with Crippen LogP contribution < -0.4 is 10.2 Å². The predicted molar refractivity (Wildman–Crippen MR) is 65.9 cm³/mol. The highest BCUT2D eigenvalue weighted by Crippen LogP contribution is 2.35. The van der Waals surface area contributed by atoms with Crippen LogP contribution in [0.5, 0.6) is 0 Å². The van der Waals surface area contributed by atoms with E-state index in [1.807, 2.05) is 16.8 Å². The molecule has 3 rings (SSSR count). The van der Waals surface area contributed by atoms with Crippen LogP contribution in [0.15, 0.2) is 16.8 Å². The largest absolute Gasteiger partial charge is 0.344 e. The minimum absolute atomic E-state index is 0.00650. The lowest BCUT2D eigenvalue weighted by atomic mass is 10.1. The molecule has 0 radical (unpaired) electrons.